The Hall–Kier alpha value is -0.930. The zero-order valence-corrected chi connectivity index (χ0v) is 5.80. The molecule has 0 bridgehead atoms. The summed E-state index contributed by atoms with van der Waals surface area (Å²) in [6.07, 6.45) is 7.04. The number of allylic oxidation sites excluding steroid dienone is 3. The van der Waals surface area contributed by atoms with E-state index in [1.54, 1.807) is 23.5 Å². The highest BCUT2D eigenvalue weighted by Gasteiger charge is 2.14. The van der Waals surface area contributed by atoms with Crippen molar-refractivity contribution in [1.29, 1.82) is 0 Å². The summed E-state index contributed by atoms with van der Waals surface area (Å²) in [5.74, 6) is 0. The summed E-state index contributed by atoms with van der Waals surface area (Å²) in [7, 11) is 0. The molecule has 0 saturated carbocycles. The predicted molar refractivity (Wildman–Crippen MR) is 37.2 cm³/mol. The average molecular weight is 157 g/mol. The Labute approximate surface area is 63.1 Å². The van der Waals surface area contributed by atoms with Crippen molar-refractivity contribution < 1.29 is 4.94 Å². The van der Waals surface area contributed by atoms with Crippen LogP contribution in [0.1, 0.15) is 0 Å². The third kappa shape index (κ3) is 0.798. The van der Waals surface area contributed by atoms with E-state index in [0.717, 1.165) is 5.70 Å². The summed E-state index contributed by atoms with van der Waals surface area (Å²) >= 11 is 5.71. The number of hydrogen-bond acceptors (Lipinski definition) is 3. The van der Waals surface area contributed by atoms with Crippen molar-refractivity contribution in [3.63, 3.8) is 0 Å². The molecule has 0 amide bonds. The Kier molecular flexibility index (Phi) is 1.19. The van der Waals surface area contributed by atoms with Crippen molar-refractivity contribution in [2.75, 3.05) is 0 Å². The van der Waals surface area contributed by atoms with Gasteiger partial charge in [0.2, 0.25) is 0 Å². The second kappa shape index (κ2) is 2.04. The third-order valence-corrected chi connectivity index (χ3v) is 1.50. The average Bonchev–Trinajstić information content (AvgIpc) is 2.33. The number of nitrogens with one attached hydrogen (secondary N) is 1. The number of hydroxylamine groups is 3. The molecule has 0 aromatic heterocycles. The molecule has 0 atom stereocenters. The van der Waals surface area contributed by atoms with Crippen molar-refractivity contribution >= 4 is 11.6 Å². The Morgan fingerprint density at radius 3 is 3.40 bits per heavy atom. The molecule has 0 aromatic carbocycles. The van der Waals surface area contributed by atoms with E-state index in [4.69, 9.17) is 16.5 Å². The van der Waals surface area contributed by atoms with Gasteiger partial charge in [-0.25, -0.2) is 10.5 Å². The highest BCUT2D eigenvalue weighted by Crippen LogP contribution is 2.21. The van der Waals surface area contributed by atoms with Crippen molar-refractivity contribution in [2.24, 2.45) is 0 Å². The van der Waals surface area contributed by atoms with Gasteiger partial charge in [0.15, 0.2) is 0 Å². The normalized spacial score (nSPS) is 21.5. The van der Waals surface area contributed by atoms with Crippen LogP contribution in [0.15, 0.2) is 35.3 Å². The first-order chi connectivity index (χ1) is 4.86. The molecule has 0 radical (unpaired) electrons. The Balaban J connectivity index is 2.34. The Morgan fingerprint density at radius 1 is 1.60 bits per heavy atom. The standard InChI is InChI=1S/C6H5ClN2O/c7-5-1-2-9-6(3-5)4-8-10-9/h1-4,8H. The lowest BCUT2D eigenvalue weighted by atomic mass is 10.3. The van der Waals surface area contributed by atoms with Crippen LogP contribution in [-0.2, 0) is 4.94 Å². The van der Waals surface area contributed by atoms with E-state index in [1.165, 1.54) is 0 Å². The van der Waals surface area contributed by atoms with Gasteiger partial charge in [-0.15, -0.1) is 0 Å². The smallest absolute Gasteiger partial charge is 0.0909 e. The van der Waals surface area contributed by atoms with Crippen LogP contribution >= 0.6 is 11.6 Å². The SMILES string of the molecule is ClC1=CC2=CNON2C=C1. The van der Waals surface area contributed by atoms with Crippen molar-refractivity contribution in [2.45, 2.75) is 0 Å². The van der Waals surface area contributed by atoms with Gasteiger partial charge in [0, 0.05) is 11.2 Å². The fourth-order valence-electron chi connectivity index (χ4n) is 0.810. The van der Waals surface area contributed by atoms with Crippen LogP contribution in [0.4, 0.5) is 0 Å². The van der Waals surface area contributed by atoms with E-state index in [-0.39, 0.29) is 0 Å². The maximum Gasteiger partial charge on any atom is 0.0909 e. The van der Waals surface area contributed by atoms with Crippen LogP contribution in [0.2, 0.25) is 0 Å². The molecule has 3 nitrogen and oxygen atoms in total. The topological polar surface area (TPSA) is 24.5 Å². The van der Waals surface area contributed by atoms with Gasteiger partial charge in [0.05, 0.1) is 11.9 Å². The van der Waals surface area contributed by atoms with Gasteiger partial charge in [0.25, 0.3) is 0 Å². The Morgan fingerprint density at radius 2 is 2.50 bits per heavy atom. The minimum absolute atomic E-state index is 0.704. The molecule has 2 heterocycles. The monoisotopic (exact) mass is 156 g/mol. The zero-order valence-electron chi connectivity index (χ0n) is 5.04. The van der Waals surface area contributed by atoms with E-state index in [9.17, 15) is 0 Å². The van der Waals surface area contributed by atoms with Crippen LogP contribution in [0, 0.1) is 0 Å². The fraction of sp³-hybridized carbons (Fsp3) is 0. The van der Waals surface area contributed by atoms with Gasteiger partial charge in [-0.1, -0.05) is 11.6 Å². The number of nitrogens with zero attached hydrogens (tertiary/aromatic N) is 1. The molecule has 0 spiro atoms. The van der Waals surface area contributed by atoms with Crippen molar-refractivity contribution in [3.05, 3.63) is 35.3 Å². The van der Waals surface area contributed by atoms with Crippen LogP contribution in [0.5, 0.6) is 0 Å². The van der Waals surface area contributed by atoms with Crippen molar-refractivity contribution in [3.8, 4) is 0 Å². The Bertz CT molecular complexity index is 244. The molecule has 0 aliphatic carbocycles. The first-order valence-corrected chi connectivity index (χ1v) is 3.21. The van der Waals surface area contributed by atoms with Crippen LogP contribution < -0.4 is 5.48 Å². The van der Waals surface area contributed by atoms with Gasteiger partial charge >= 0.3 is 0 Å². The lowest BCUT2D eigenvalue weighted by Crippen LogP contribution is -2.15. The summed E-state index contributed by atoms with van der Waals surface area (Å²) < 4.78 is 0. The molecule has 0 fully saturated rings. The second-order valence-electron chi connectivity index (χ2n) is 1.95. The van der Waals surface area contributed by atoms with E-state index in [0.29, 0.717) is 5.03 Å². The third-order valence-electron chi connectivity index (χ3n) is 1.27. The summed E-state index contributed by atoms with van der Waals surface area (Å²) in [4.78, 5) is 4.91. The molecule has 0 unspecified atom stereocenters. The summed E-state index contributed by atoms with van der Waals surface area (Å²) in [6.45, 7) is 0. The summed E-state index contributed by atoms with van der Waals surface area (Å²) in [5.41, 5.74) is 3.50. The maximum absolute atomic E-state index is 5.71. The minimum Gasteiger partial charge on any atom is -0.247 e. The lowest BCUT2D eigenvalue weighted by molar-refractivity contribution is -0.112. The highest BCUT2D eigenvalue weighted by molar-refractivity contribution is 6.31. The maximum atomic E-state index is 5.71. The second-order valence-corrected chi connectivity index (χ2v) is 2.39. The number of halogens is 1. The number of fused-ring (bicyclic) bond motifs is 1. The molecule has 0 aromatic rings. The van der Waals surface area contributed by atoms with Crippen LogP contribution in [0.3, 0.4) is 0 Å². The molecule has 2 rings (SSSR count). The molecule has 2 aliphatic heterocycles. The van der Waals surface area contributed by atoms with E-state index in [2.05, 4.69) is 5.48 Å². The van der Waals surface area contributed by atoms with Gasteiger partial charge in [-0.05, 0) is 12.2 Å². The van der Waals surface area contributed by atoms with Gasteiger partial charge in [-0.3, -0.25) is 0 Å². The number of rotatable bonds is 0. The van der Waals surface area contributed by atoms with E-state index < -0.39 is 0 Å². The number of hydrogen-bond donors (Lipinski definition) is 1. The molecule has 0 saturated heterocycles. The first-order valence-electron chi connectivity index (χ1n) is 2.83. The zero-order chi connectivity index (χ0) is 6.97. The molecule has 52 valence electrons. The minimum atomic E-state index is 0.704. The highest BCUT2D eigenvalue weighted by atomic mass is 35.5. The predicted octanol–water partition coefficient (Wildman–Crippen LogP) is 1.23. The molecule has 4 heteroatoms. The van der Waals surface area contributed by atoms with Crippen LogP contribution in [0.25, 0.3) is 0 Å². The molecule has 1 N–H and O–H groups in total. The fourth-order valence-corrected chi connectivity index (χ4v) is 0.978. The van der Waals surface area contributed by atoms with Crippen LogP contribution in [-0.4, -0.2) is 5.06 Å². The summed E-state index contributed by atoms with van der Waals surface area (Å²) in [6, 6.07) is 0. The quantitative estimate of drug-likeness (QED) is 0.571. The van der Waals surface area contributed by atoms with E-state index in [1.807, 2.05) is 6.08 Å². The van der Waals surface area contributed by atoms with Crippen molar-refractivity contribution in [1.82, 2.24) is 10.5 Å². The van der Waals surface area contributed by atoms with E-state index >= 15 is 0 Å². The summed E-state index contributed by atoms with van der Waals surface area (Å²) in [5, 5.41) is 2.29. The molecule has 2 aliphatic rings. The molecular weight excluding hydrogens is 152 g/mol. The molecule has 10 heavy (non-hydrogen) atoms. The lowest BCUT2D eigenvalue weighted by Gasteiger charge is -2.14. The van der Waals surface area contributed by atoms with Gasteiger partial charge in [0.1, 0.15) is 0 Å². The van der Waals surface area contributed by atoms with Gasteiger partial charge in [-0.2, -0.15) is 4.94 Å². The first kappa shape index (κ1) is 5.82. The molecular formula is C6H5ClN2O. The van der Waals surface area contributed by atoms with Gasteiger partial charge < -0.3 is 0 Å². The largest absolute Gasteiger partial charge is 0.247 e.